The van der Waals surface area contributed by atoms with E-state index < -0.39 is 28.7 Å². The number of pyridine rings is 1. The fraction of sp³-hybridized carbons (Fsp3) is 0.435. The Morgan fingerprint density at radius 1 is 1.31 bits per heavy atom. The van der Waals surface area contributed by atoms with E-state index in [0.29, 0.717) is 18.9 Å². The second kappa shape index (κ2) is 8.46. The van der Waals surface area contributed by atoms with Gasteiger partial charge in [0, 0.05) is 30.9 Å². The molecule has 170 valence electrons. The molecule has 2 heterocycles. The van der Waals surface area contributed by atoms with Crippen LogP contribution in [0.2, 0.25) is 0 Å². The average molecular weight is 445 g/mol. The summed E-state index contributed by atoms with van der Waals surface area (Å²) < 4.78 is 28.5. The van der Waals surface area contributed by atoms with Gasteiger partial charge < -0.3 is 19.9 Å². The Morgan fingerprint density at radius 3 is 2.72 bits per heavy atom. The fourth-order valence-corrected chi connectivity index (χ4v) is 4.68. The third kappa shape index (κ3) is 4.04. The zero-order chi connectivity index (χ0) is 23.0. The molecule has 1 unspecified atom stereocenters. The van der Waals surface area contributed by atoms with Crippen LogP contribution in [0.25, 0.3) is 0 Å². The minimum atomic E-state index is -0.966. The zero-order valence-electron chi connectivity index (χ0n) is 17.7. The number of hydrogen-bond acceptors (Lipinski definition) is 5. The van der Waals surface area contributed by atoms with Gasteiger partial charge in [0.15, 0.2) is 12.0 Å². The molecule has 2 aliphatic rings. The van der Waals surface area contributed by atoms with Crippen LogP contribution >= 0.6 is 0 Å². The lowest BCUT2D eigenvalue weighted by Crippen LogP contribution is -2.35. The topological polar surface area (TPSA) is 91.6 Å². The Bertz CT molecular complexity index is 1130. The number of halogens is 2. The highest BCUT2D eigenvalue weighted by Crippen LogP contribution is 2.58. The van der Waals surface area contributed by atoms with Crippen LogP contribution < -0.4 is 10.7 Å². The minimum Gasteiger partial charge on any atom is -0.503 e. The molecule has 1 aromatic carbocycles. The van der Waals surface area contributed by atoms with Gasteiger partial charge >= 0.3 is 0 Å². The van der Waals surface area contributed by atoms with E-state index in [1.54, 1.807) is 4.57 Å². The van der Waals surface area contributed by atoms with E-state index in [1.165, 1.54) is 12.3 Å². The molecule has 9 heteroatoms. The molecule has 1 saturated carbocycles. The molecule has 1 amide bonds. The van der Waals surface area contributed by atoms with Crippen molar-refractivity contribution >= 4 is 12.2 Å². The molecule has 1 spiro atoms. The number of amides is 1. The molecule has 1 aromatic heterocycles. The van der Waals surface area contributed by atoms with Crippen LogP contribution in [-0.4, -0.2) is 46.9 Å². The second-order valence-electron chi connectivity index (χ2n) is 8.79. The van der Waals surface area contributed by atoms with Crippen LogP contribution in [0.5, 0.6) is 5.75 Å². The molecule has 2 fully saturated rings. The Labute approximate surface area is 183 Å². The minimum absolute atomic E-state index is 0.0327. The summed E-state index contributed by atoms with van der Waals surface area (Å²) in [5.41, 5.74) is -1.43. The van der Waals surface area contributed by atoms with Gasteiger partial charge in [-0.3, -0.25) is 14.4 Å². The predicted molar refractivity (Wildman–Crippen MR) is 113 cm³/mol. The Morgan fingerprint density at radius 2 is 2.06 bits per heavy atom. The molecule has 1 aliphatic heterocycles. The highest BCUT2D eigenvalue weighted by atomic mass is 19.1. The molecule has 0 radical (unpaired) electrons. The summed E-state index contributed by atoms with van der Waals surface area (Å²) in [6.45, 7) is 1.25. The summed E-state index contributed by atoms with van der Waals surface area (Å²) in [4.78, 5) is 39.4. The van der Waals surface area contributed by atoms with E-state index in [-0.39, 0.29) is 34.8 Å². The van der Waals surface area contributed by atoms with Crippen LogP contribution in [0, 0.1) is 17.0 Å². The van der Waals surface area contributed by atoms with Gasteiger partial charge in [0.1, 0.15) is 22.9 Å². The maximum atomic E-state index is 13.9. The van der Waals surface area contributed by atoms with Gasteiger partial charge in [0.05, 0.1) is 6.04 Å². The van der Waals surface area contributed by atoms with Crippen molar-refractivity contribution in [3.63, 3.8) is 0 Å². The molecule has 2 N–H and O–H groups in total. The standard InChI is InChI=1S/C23H25F2N3O4/c1-27-8-2-5-23(6-7-23)19(12-27)28-11-16(20(30)21(31)18(28)13-29)22(32)26-10-14-3-4-15(24)9-17(14)25/h3-4,9,11,13,19,31H,2,5-8,10,12H2,1H3,(H,26,32). The fourth-order valence-electron chi connectivity index (χ4n) is 4.68. The number of nitrogens with one attached hydrogen (secondary N) is 1. The quantitative estimate of drug-likeness (QED) is 0.691. The van der Waals surface area contributed by atoms with Crippen molar-refractivity contribution in [2.24, 2.45) is 5.41 Å². The van der Waals surface area contributed by atoms with E-state index in [2.05, 4.69) is 10.2 Å². The van der Waals surface area contributed by atoms with Crippen molar-refractivity contribution in [2.45, 2.75) is 38.3 Å². The number of carbonyl (C=O) groups excluding carboxylic acids is 2. The molecular weight excluding hydrogens is 420 g/mol. The molecule has 1 saturated heterocycles. The van der Waals surface area contributed by atoms with Crippen LogP contribution in [0.4, 0.5) is 8.78 Å². The van der Waals surface area contributed by atoms with Gasteiger partial charge in [0.2, 0.25) is 5.43 Å². The summed E-state index contributed by atoms with van der Waals surface area (Å²) in [7, 11) is 1.97. The summed E-state index contributed by atoms with van der Waals surface area (Å²) in [6, 6.07) is 2.80. The first-order valence-corrected chi connectivity index (χ1v) is 10.6. The number of rotatable bonds is 5. The Balaban J connectivity index is 1.68. The third-order valence-electron chi connectivity index (χ3n) is 6.69. The normalized spacial score (nSPS) is 20.0. The number of aromatic hydroxyl groups is 1. The summed E-state index contributed by atoms with van der Waals surface area (Å²) >= 11 is 0. The van der Waals surface area contributed by atoms with Crippen molar-refractivity contribution < 1.29 is 23.5 Å². The maximum Gasteiger partial charge on any atom is 0.257 e. The lowest BCUT2D eigenvalue weighted by atomic mass is 9.91. The molecule has 0 bridgehead atoms. The molecule has 32 heavy (non-hydrogen) atoms. The predicted octanol–water partition coefficient (Wildman–Crippen LogP) is 2.62. The van der Waals surface area contributed by atoms with Gasteiger partial charge in [0.25, 0.3) is 5.91 Å². The van der Waals surface area contributed by atoms with Crippen LogP contribution in [0.3, 0.4) is 0 Å². The first-order chi connectivity index (χ1) is 15.3. The third-order valence-corrected chi connectivity index (χ3v) is 6.69. The average Bonchev–Trinajstić information content (AvgIpc) is 3.55. The summed E-state index contributed by atoms with van der Waals surface area (Å²) in [5, 5.41) is 12.9. The first-order valence-electron chi connectivity index (χ1n) is 10.6. The van der Waals surface area contributed by atoms with E-state index in [4.69, 9.17) is 0 Å². The Hall–Kier alpha value is -3.07. The smallest absolute Gasteiger partial charge is 0.257 e. The first kappa shape index (κ1) is 22.1. The number of nitrogens with zero attached hydrogens (tertiary/aromatic N) is 2. The van der Waals surface area contributed by atoms with E-state index in [1.807, 2.05) is 7.05 Å². The van der Waals surface area contributed by atoms with E-state index in [9.17, 15) is 28.3 Å². The molecular formula is C23H25F2N3O4. The summed E-state index contributed by atoms with van der Waals surface area (Å²) in [6.07, 6.45) is 5.67. The molecule has 4 rings (SSSR count). The van der Waals surface area contributed by atoms with Crippen molar-refractivity contribution in [3.05, 3.63) is 63.1 Å². The number of likely N-dealkylation sites (tertiary alicyclic amines) is 1. The molecule has 1 aliphatic carbocycles. The number of aldehydes is 1. The largest absolute Gasteiger partial charge is 0.503 e. The number of aromatic nitrogens is 1. The SMILES string of the molecule is CN1CCCC2(CC2)C(n2cc(C(=O)NCc3ccc(F)cc3F)c(=O)c(O)c2C=O)C1. The highest BCUT2D eigenvalue weighted by molar-refractivity contribution is 5.95. The van der Waals surface area contributed by atoms with Gasteiger partial charge in [-0.1, -0.05) is 6.07 Å². The summed E-state index contributed by atoms with van der Waals surface area (Å²) in [5.74, 6) is -3.15. The highest BCUT2D eigenvalue weighted by Gasteiger charge is 2.51. The molecule has 1 atom stereocenters. The second-order valence-corrected chi connectivity index (χ2v) is 8.79. The van der Waals surface area contributed by atoms with Crippen molar-refractivity contribution in [1.82, 2.24) is 14.8 Å². The van der Waals surface area contributed by atoms with Crippen molar-refractivity contribution in [1.29, 1.82) is 0 Å². The molecule has 7 nitrogen and oxygen atoms in total. The monoisotopic (exact) mass is 445 g/mol. The van der Waals surface area contributed by atoms with Gasteiger partial charge in [-0.15, -0.1) is 0 Å². The Kier molecular flexibility index (Phi) is 5.85. The van der Waals surface area contributed by atoms with Crippen molar-refractivity contribution in [2.75, 3.05) is 20.1 Å². The number of carbonyl (C=O) groups is 2. The van der Waals surface area contributed by atoms with Crippen LogP contribution in [-0.2, 0) is 6.54 Å². The van der Waals surface area contributed by atoms with Crippen LogP contribution in [0.15, 0.2) is 29.2 Å². The number of likely N-dealkylation sites (N-methyl/N-ethyl adjacent to an activating group) is 1. The van der Waals surface area contributed by atoms with E-state index >= 15 is 0 Å². The number of hydrogen-bond donors (Lipinski definition) is 2. The molecule has 2 aromatic rings. The lowest BCUT2D eigenvalue weighted by Gasteiger charge is -2.31. The van der Waals surface area contributed by atoms with Crippen molar-refractivity contribution in [3.8, 4) is 5.75 Å². The van der Waals surface area contributed by atoms with E-state index in [0.717, 1.165) is 38.3 Å². The van der Waals surface area contributed by atoms with Crippen LogP contribution in [0.1, 0.15) is 58.1 Å². The van der Waals surface area contributed by atoms with Gasteiger partial charge in [-0.05, 0) is 50.8 Å². The number of benzene rings is 1. The zero-order valence-corrected chi connectivity index (χ0v) is 17.7. The maximum absolute atomic E-state index is 13.9. The van der Waals surface area contributed by atoms with Gasteiger partial charge in [-0.2, -0.15) is 0 Å². The van der Waals surface area contributed by atoms with Gasteiger partial charge in [-0.25, -0.2) is 8.78 Å². The lowest BCUT2D eigenvalue weighted by molar-refractivity contribution is 0.0945.